The van der Waals surface area contributed by atoms with E-state index in [0.717, 1.165) is 5.88 Å². The highest BCUT2D eigenvalue weighted by atomic mass is 32.1. The second-order valence-corrected chi connectivity index (χ2v) is 2.19. The zero-order chi connectivity index (χ0) is 7.56. The molecular formula is C6H8N2OS. The summed E-state index contributed by atoms with van der Waals surface area (Å²) in [7, 11) is 3.41. The Morgan fingerprint density at radius 3 is 2.90 bits per heavy atom. The van der Waals surface area contributed by atoms with E-state index in [1.54, 1.807) is 23.9 Å². The van der Waals surface area contributed by atoms with Gasteiger partial charge in [-0.15, -0.1) is 0 Å². The van der Waals surface area contributed by atoms with Crippen molar-refractivity contribution in [2.24, 2.45) is 7.05 Å². The van der Waals surface area contributed by atoms with Gasteiger partial charge in [-0.2, -0.15) is 0 Å². The van der Waals surface area contributed by atoms with Gasteiger partial charge in [-0.25, -0.2) is 4.98 Å². The number of hydrogen-bond donors (Lipinski definition) is 0. The highest BCUT2D eigenvalue weighted by molar-refractivity contribution is 7.71. The topological polar surface area (TPSA) is 27.1 Å². The highest BCUT2D eigenvalue weighted by Gasteiger charge is 1.93. The van der Waals surface area contributed by atoms with Crippen LogP contribution < -0.4 is 4.74 Å². The van der Waals surface area contributed by atoms with Gasteiger partial charge >= 0.3 is 0 Å². The molecule has 0 atom stereocenters. The maximum Gasteiger partial charge on any atom is 0.201 e. The van der Waals surface area contributed by atoms with Crippen molar-refractivity contribution in [3.8, 4) is 5.88 Å². The predicted molar refractivity (Wildman–Crippen MR) is 40.6 cm³/mol. The first-order chi connectivity index (χ1) is 4.75. The summed E-state index contributed by atoms with van der Waals surface area (Å²) < 4.78 is 7.21. The van der Waals surface area contributed by atoms with Crippen LogP contribution in [0.4, 0.5) is 0 Å². The van der Waals surface area contributed by atoms with Crippen LogP contribution in [0.3, 0.4) is 0 Å². The Kier molecular flexibility index (Phi) is 2.01. The SMILES string of the molecule is COc1ccnc(=S)n1C. The fraction of sp³-hybridized carbons (Fsp3) is 0.333. The minimum atomic E-state index is 0.527. The minimum absolute atomic E-state index is 0.527. The van der Waals surface area contributed by atoms with Crippen molar-refractivity contribution in [3.05, 3.63) is 17.0 Å². The Bertz CT molecular complexity index is 281. The molecule has 0 aliphatic rings. The molecule has 54 valence electrons. The zero-order valence-corrected chi connectivity index (χ0v) is 6.68. The standard InChI is InChI=1S/C6H8N2OS/c1-8-5(9-2)3-4-7-6(8)10/h3-4H,1-2H3. The molecule has 0 amide bonds. The summed E-state index contributed by atoms with van der Waals surface area (Å²) in [4.78, 5) is 3.89. The lowest BCUT2D eigenvalue weighted by Crippen LogP contribution is -1.99. The van der Waals surface area contributed by atoms with E-state index in [-0.39, 0.29) is 0 Å². The molecule has 1 aromatic heterocycles. The van der Waals surface area contributed by atoms with E-state index in [2.05, 4.69) is 4.98 Å². The van der Waals surface area contributed by atoms with E-state index in [9.17, 15) is 0 Å². The molecule has 3 nitrogen and oxygen atoms in total. The van der Waals surface area contributed by atoms with E-state index < -0.39 is 0 Å². The number of hydrogen-bond acceptors (Lipinski definition) is 3. The van der Waals surface area contributed by atoms with Crippen molar-refractivity contribution in [3.63, 3.8) is 0 Å². The molecule has 0 aliphatic carbocycles. The van der Waals surface area contributed by atoms with Gasteiger partial charge in [0, 0.05) is 19.3 Å². The monoisotopic (exact) mass is 156 g/mol. The van der Waals surface area contributed by atoms with E-state index in [0.29, 0.717) is 4.77 Å². The largest absolute Gasteiger partial charge is 0.482 e. The zero-order valence-electron chi connectivity index (χ0n) is 5.87. The average molecular weight is 156 g/mol. The Balaban J connectivity index is 3.28. The molecule has 1 heterocycles. The van der Waals surface area contributed by atoms with Crippen molar-refractivity contribution in [2.45, 2.75) is 0 Å². The second-order valence-electron chi connectivity index (χ2n) is 1.83. The number of methoxy groups -OCH3 is 1. The molecule has 0 radical (unpaired) electrons. The number of nitrogens with zero attached hydrogens (tertiary/aromatic N) is 2. The van der Waals surface area contributed by atoms with E-state index in [1.807, 2.05) is 7.05 Å². The van der Waals surface area contributed by atoms with Crippen molar-refractivity contribution in [1.29, 1.82) is 0 Å². The summed E-state index contributed by atoms with van der Waals surface area (Å²) in [6.45, 7) is 0. The summed E-state index contributed by atoms with van der Waals surface area (Å²) in [5.41, 5.74) is 0. The minimum Gasteiger partial charge on any atom is -0.482 e. The predicted octanol–water partition coefficient (Wildman–Crippen LogP) is 1.16. The summed E-state index contributed by atoms with van der Waals surface area (Å²) in [6, 6.07) is 1.76. The van der Waals surface area contributed by atoms with Crippen LogP contribution >= 0.6 is 12.2 Å². The molecule has 10 heavy (non-hydrogen) atoms. The van der Waals surface area contributed by atoms with Crippen molar-refractivity contribution in [1.82, 2.24) is 9.55 Å². The van der Waals surface area contributed by atoms with Crippen LogP contribution in [-0.2, 0) is 7.05 Å². The normalized spacial score (nSPS) is 9.40. The van der Waals surface area contributed by atoms with Gasteiger partial charge in [-0.05, 0) is 12.2 Å². The van der Waals surface area contributed by atoms with Gasteiger partial charge in [0.05, 0.1) is 7.11 Å². The van der Waals surface area contributed by atoms with Gasteiger partial charge in [0.15, 0.2) is 5.88 Å². The quantitative estimate of drug-likeness (QED) is 0.571. The number of aromatic nitrogens is 2. The molecule has 4 heteroatoms. The first-order valence-corrected chi connectivity index (χ1v) is 3.22. The van der Waals surface area contributed by atoms with Gasteiger partial charge in [0.25, 0.3) is 0 Å². The molecule has 0 aliphatic heterocycles. The van der Waals surface area contributed by atoms with Gasteiger partial charge in [0.2, 0.25) is 4.77 Å². The summed E-state index contributed by atoms with van der Waals surface area (Å²) in [5, 5.41) is 0. The fourth-order valence-electron chi connectivity index (χ4n) is 0.662. The molecule has 0 N–H and O–H groups in total. The average Bonchev–Trinajstić information content (AvgIpc) is 1.95. The Morgan fingerprint density at radius 1 is 1.70 bits per heavy atom. The smallest absolute Gasteiger partial charge is 0.201 e. The Hall–Kier alpha value is -0.900. The van der Waals surface area contributed by atoms with Crippen molar-refractivity contribution >= 4 is 12.2 Å². The van der Waals surface area contributed by atoms with Crippen LogP contribution in [0.1, 0.15) is 0 Å². The third-order valence-corrected chi connectivity index (χ3v) is 1.61. The lowest BCUT2D eigenvalue weighted by molar-refractivity contribution is 0.375. The Labute approximate surface area is 64.3 Å². The van der Waals surface area contributed by atoms with E-state index >= 15 is 0 Å². The molecule has 0 unspecified atom stereocenters. The number of ether oxygens (including phenoxy) is 1. The van der Waals surface area contributed by atoms with E-state index in [4.69, 9.17) is 17.0 Å². The lowest BCUT2D eigenvalue weighted by atomic mass is 10.6. The molecular weight excluding hydrogens is 148 g/mol. The first-order valence-electron chi connectivity index (χ1n) is 2.81. The highest BCUT2D eigenvalue weighted by Crippen LogP contribution is 2.05. The van der Waals surface area contributed by atoms with Crippen LogP contribution in [0.25, 0.3) is 0 Å². The Morgan fingerprint density at radius 2 is 2.40 bits per heavy atom. The van der Waals surface area contributed by atoms with Crippen molar-refractivity contribution < 1.29 is 4.74 Å². The van der Waals surface area contributed by atoms with Gasteiger partial charge in [-0.3, -0.25) is 4.57 Å². The summed E-state index contributed by atoms with van der Waals surface area (Å²) >= 11 is 4.88. The summed E-state index contributed by atoms with van der Waals surface area (Å²) in [6.07, 6.45) is 1.63. The van der Waals surface area contributed by atoms with Crippen LogP contribution in [0.2, 0.25) is 0 Å². The molecule has 0 fully saturated rings. The van der Waals surface area contributed by atoms with Gasteiger partial charge in [0.1, 0.15) is 0 Å². The van der Waals surface area contributed by atoms with Crippen LogP contribution in [-0.4, -0.2) is 16.7 Å². The van der Waals surface area contributed by atoms with Crippen LogP contribution in [0.15, 0.2) is 12.3 Å². The van der Waals surface area contributed by atoms with Gasteiger partial charge < -0.3 is 4.74 Å². The van der Waals surface area contributed by atoms with Crippen LogP contribution in [0, 0.1) is 4.77 Å². The third-order valence-electron chi connectivity index (χ3n) is 1.23. The molecule has 0 bridgehead atoms. The molecule has 1 aromatic rings. The molecule has 0 saturated heterocycles. The first kappa shape index (κ1) is 7.21. The van der Waals surface area contributed by atoms with E-state index in [1.165, 1.54) is 0 Å². The second kappa shape index (κ2) is 2.79. The van der Waals surface area contributed by atoms with Crippen molar-refractivity contribution in [2.75, 3.05) is 7.11 Å². The number of rotatable bonds is 1. The van der Waals surface area contributed by atoms with Gasteiger partial charge in [-0.1, -0.05) is 0 Å². The summed E-state index contributed by atoms with van der Waals surface area (Å²) in [5.74, 6) is 0.722. The molecule has 0 spiro atoms. The maximum absolute atomic E-state index is 4.98. The molecule has 1 rings (SSSR count). The fourth-order valence-corrected chi connectivity index (χ4v) is 0.813. The molecule has 0 saturated carbocycles. The lowest BCUT2D eigenvalue weighted by Gasteiger charge is -2.04. The maximum atomic E-state index is 4.98. The van der Waals surface area contributed by atoms with Crippen LogP contribution in [0.5, 0.6) is 5.88 Å². The molecule has 0 aromatic carbocycles. The third kappa shape index (κ3) is 1.16.